The Kier molecular flexibility index (Phi) is 39.9. The third-order valence-electron chi connectivity index (χ3n) is 9.32. The number of aliphatic hydroxyl groups excluding tert-OH is 1. The van der Waals surface area contributed by atoms with E-state index in [4.69, 9.17) is 24.1 Å². The van der Waals surface area contributed by atoms with Gasteiger partial charge in [0.25, 0.3) is 5.91 Å². The van der Waals surface area contributed by atoms with Crippen molar-refractivity contribution in [2.45, 2.75) is 112 Å². The van der Waals surface area contributed by atoms with Crippen LogP contribution in [0, 0.1) is 0 Å². The molecule has 410 valence electrons. The molecular formula is C51H82N7O15+. The largest absolute Gasteiger partial charge is 0.496 e. The summed E-state index contributed by atoms with van der Waals surface area (Å²) in [7, 11) is 9.93. The van der Waals surface area contributed by atoms with Gasteiger partial charge >= 0.3 is 5.97 Å². The van der Waals surface area contributed by atoms with Gasteiger partial charge in [-0.25, -0.2) is 0 Å². The third-order valence-corrected chi connectivity index (χ3v) is 9.32. The van der Waals surface area contributed by atoms with E-state index in [9.17, 15) is 47.9 Å². The zero-order valence-corrected chi connectivity index (χ0v) is 44.6. The maximum absolute atomic E-state index is 12.2. The Morgan fingerprint density at radius 1 is 0.548 bits per heavy atom. The average molecular weight is 1030 g/mol. The van der Waals surface area contributed by atoms with E-state index in [1.54, 1.807) is 50.5 Å². The number of ether oxygens (including phenoxy) is 4. The Morgan fingerprint density at radius 3 is 1.56 bits per heavy atom. The molecule has 2 aromatic rings. The number of carbonyl (C=O) groups excluding carboxylic acids is 10. The number of ketones is 3. The van der Waals surface area contributed by atoms with Gasteiger partial charge in [-0.15, -0.1) is 0 Å². The normalized spacial score (nSPS) is 9.92. The molecule has 2 rings (SSSR count). The summed E-state index contributed by atoms with van der Waals surface area (Å²) >= 11 is 0. The number of Topliss-reactive ketones (excluding diaryl/α,β-unsaturated/α-hetero) is 3. The van der Waals surface area contributed by atoms with Crippen LogP contribution in [-0.4, -0.2) is 146 Å². The van der Waals surface area contributed by atoms with Crippen molar-refractivity contribution < 1.29 is 76.9 Å². The third kappa shape index (κ3) is 35.8. The highest BCUT2D eigenvalue weighted by molar-refractivity contribution is 5.95. The predicted molar refractivity (Wildman–Crippen MR) is 273 cm³/mol. The molecule has 0 aliphatic heterocycles. The molecule has 0 bridgehead atoms. The lowest BCUT2D eigenvalue weighted by Crippen LogP contribution is -3.05. The first kappa shape index (κ1) is 68.1. The first-order valence-electron chi connectivity index (χ1n) is 24.3. The van der Waals surface area contributed by atoms with Gasteiger partial charge in [0.2, 0.25) is 29.5 Å². The summed E-state index contributed by atoms with van der Waals surface area (Å²) in [4.78, 5) is 120. The van der Waals surface area contributed by atoms with Crippen LogP contribution in [0.15, 0.2) is 36.4 Å². The molecule has 0 saturated carbocycles. The highest BCUT2D eigenvalue weighted by Gasteiger charge is 2.15. The molecule has 2 aromatic carbocycles. The van der Waals surface area contributed by atoms with Crippen molar-refractivity contribution in [3.8, 4) is 17.2 Å². The number of hydrogen-bond donors (Lipinski definition) is 8. The summed E-state index contributed by atoms with van der Waals surface area (Å²) < 4.78 is 21.2. The Morgan fingerprint density at radius 2 is 1.04 bits per heavy atom. The second-order valence-electron chi connectivity index (χ2n) is 16.4. The number of nitrogens with one attached hydrogen (secondary N) is 7. The number of benzene rings is 2. The molecule has 6 amide bonds. The highest BCUT2D eigenvalue weighted by Crippen LogP contribution is 2.26. The summed E-state index contributed by atoms with van der Waals surface area (Å²) in [6.45, 7) is 7.72. The first-order chi connectivity index (χ1) is 34.8. The van der Waals surface area contributed by atoms with Crippen LogP contribution in [0.4, 0.5) is 0 Å². The van der Waals surface area contributed by atoms with E-state index in [1.165, 1.54) is 27.1 Å². The van der Waals surface area contributed by atoms with Crippen LogP contribution in [0.5, 0.6) is 17.2 Å². The van der Waals surface area contributed by atoms with Gasteiger partial charge < -0.3 is 60.9 Å². The monoisotopic (exact) mass is 1030 g/mol. The topological polar surface area (TPSA) is 304 Å². The lowest BCUT2D eigenvalue weighted by molar-refractivity contribution is -0.857. The van der Waals surface area contributed by atoms with E-state index in [0.29, 0.717) is 66.4 Å². The fraction of sp³-hybridized carbons (Fsp3) is 0.569. The number of carbonyl (C=O) groups is 10. The lowest BCUT2D eigenvalue weighted by Gasteiger charge is -2.12. The van der Waals surface area contributed by atoms with E-state index in [1.807, 2.05) is 14.1 Å². The molecule has 0 spiro atoms. The number of esters is 1. The van der Waals surface area contributed by atoms with Crippen molar-refractivity contribution in [2.24, 2.45) is 0 Å². The van der Waals surface area contributed by atoms with Crippen LogP contribution in [0.2, 0.25) is 0 Å². The van der Waals surface area contributed by atoms with Crippen molar-refractivity contribution in [2.75, 3.05) is 81.7 Å². The van der Waals surface area contributed by atoms with Crippen molar-refractivity contribution >= 4 is 58.8 Å². The average Bonchev–Trinajstić information content (AvgIpc) is 3.38. The van der Waals surface area contributed by atoms with Gasteiger partial charge in [-0.05, 0) is 30.7 Å². The molecule has 0 saturated heterocycles. The number of aliphatic hydroxyl groups is 1. The molecule has 0 aliphatic rings. The maximum Gasteiger partial charge on any atom is 0.306 e. The Balaban J connectivity index is 0. The highest BCUT2D eigenvalue weighted by atomic mass is 16.5. The molecule has 8 N–H and O–H groups in total. The minimum Gasteiger partial charge on any atom is -0.496 e. The van der Waals surface area contributed by atoms with E-state index in [2.05, 4.69) is 59.6 Å². The molecule has 0 fully saturated rings. The standard InChI is InChI=1S/C35H52N6O12.C10H13NO3.2C3H8/c1-36-30(45)6-5-17-52-28-11-7-24(29(18-28)51-4)23-53-35(50)14-10-27(44)20-38-33(48)22-40-34(49)21-39-32(47)13-9-26(43)19-37-31(46)12-8-25(42)15-16-41(2)3;1-11-10(13)7-3-4-8(6-12)9(5-7)14-2;2*1-3-2/h7,11,18H,5-6,8-10,12-17,19-23H2,1-4H3,(H,36,45)(H,37,46)(H,38,48)(H,39,47)(H,40,49);3-5,12H,6H2,1-2H3,(H,11,13);2*3H2,1-2H3/p+1. The van der Waals surface area contributed by atoms with E-state index in [-0.39, 0.29) is 82.4 Å². The second-order valence-corrected chi connectivity index (χ2v) is 16.4. The van der Waals surface area contributed by atoms with Crippen LogP contribution >= 0.6 is 0 Å². The minimum absolute atomic E-state index is 0.0217. The van der Waals surface area contributed by atoms with Gasteiger partial charge in [-0.2, -0.15) is 0 Å². The number of amides is 6. The Labute approximate surface area is 430 Å². The van der Waals surface area contributed by atoms with Gasteiger partial charge in [0.1, 0.15) is 29.6 Å². The number of methoxy groups -OCH3 is 2. The second kappa shape index (κ2) is 42.7. The molecule has 22 heteroatoms. The van der Waals surface area contributed by atoms with Crippen molar-refractivity contribution in [3.63, 3.8) is 0 Å². The lowest BCUT2D eigenvalue weighted by atomic mass is 10.1. The zero-order chi connectivity index (χ0) is 55.6. The molecule has 0 heterocycles. The van der Waals surface area contributed by atoms with Crippen molar-refractivity contribution in [1.29, 1.82) is 0 Å². The summed E-state index contributed by atoms with van der Waals surface area (Å²) in [5, 5.41) is 23.4. The fourth-order valence-electron chi connectivity index (χ4n) is 5.37. The maximum atomic E-state index is 12.2. The smallest absolute Gasteiger partial charge is 0.306 e. The molecule has 0 aliphatic carbocycles. The van der Waals surface area contributed by atoms with Crippen molar-refractivity contribution in [1.82, 2.24) is 31.9 Å². The van der Waals surface area contributed by atoms with Gasteiger partial charge in [-0.1, -0.05) is 46.6 Å². The SMILES string of the molecule is CCC.CCC.CNC(=O)CCCOc1ccc(COC(=O)CCC(=O)CNC(=O)CNC(=O)CNC(=O)CCC(=O)CNC(=O)CCC(=O)CC[NH+](C)C)c(OC)c1.CNC(=O)c1ccc(CO)c(OC)c1. The van der Waals surface area contributed by atoms with Crippen LogP contribution < -0.4 is 51.0 Å². The molecule has 73 heavy (non-hydrogen) atoms. The summed E-state index contributed by atoms with van der Waals surface area (Å²) in [5.74, 6) is -2.66. The van der Waals surface area contributed by atoms with Gasteiger partial charge in [0.05, 0.1) is 87.1 Å². The van der Waals surface area contributed by atoms with Crippen LogP contribution in [0.3, 0.4) is 0 Å². The summed E-state index contributed by atoms with van der Waals surface area (Å²) in [6.07, 6.45) is 3.01. The predicted octanol–water partition coefficient (Wildman–Crippen LogP) is 1.07. The fourth-order valence-corrected chi connectivity index (χ4v) is 5.37. The van der Waals surface area contributed by atoms with E-state index in [0.717, 1.165) is 4.90 Å². The number of quaternary nitrogens is 1. The number of rotatable bonds is 31. The molecule has 0 atom stereocenters. The van der Waals surface area contributed by atoms with E-state index < -0.39 is 54.3 Å². The molecule has 0 radical (unpaired) electrons. The zero-order valence-electron chi connectivity index (χ0n) is 44.6. The van der Waals surface area contributed by atoms with Crippen molar-refractivity contribution in [3.05, 3.63) is 53.1 Å². The van der Waals surface area contributed by atoms with E-state index >= 15 is 0 Å². The Bertz CT molecular complexity index is 2030. The van der Waals surface area contributed by atoms with Gasteiger partial charge in [0, 0.05) is 75.4 Å². The van der Waals surface area contributed by atoms with Gasteiger partial charge in [0.15, 0.2) is 11.6 Å². The quantitative estimate of drug-likeness (QED) is 0.0387. The van der Waals surface area contributed by atoms with Crippen LogP contribution in [0.25, 0.3) is 0 Å². The molecular weight excluding hydrogens is 951 g/mol. The number of hydrogen-bond acceptors (Lipinski definition) is 15. The van der Waals surface area contributed by atoms with Crippen LogP contribution in [-0.2, 0) is 61.1 Å². The molecule has 0 aromatic heterocycles. The van der Waals surface area contributed by atoms with Crippen LogP contribution in [0.1, 0.15) is 120 Å². The van der Waals surface area contributed by atoms with Gasteiger partial charge in [-0.3, -0.25) is 47.9 Å². The Hall–Kier alpha value is -6.94. The molecule has 0 unspecified atom stereocenters. The molecule has 22 nitrogen and oxygen atoms in total. The summed E-state index contributed by atoms with van der Waals surface area (Å²) in [6, 6.07) is 9.90. The summed E-state index contributed by atoms with van der Waals surface area (Å²) in [5.41, 5.74) is 1.76. The first-order valence-corrected chi connectivity index (χ1v) is 24.3. The minimum atomic E-state index is -0.681.